The fourth-order valence-electron chi connectivity index (χ4n) is 8.85. The van der Waals surface area contributed by atoms with Crippen LogP contribution < -0.4 is 5.32 Å². The van der Waals surface area contributed by atoms with E-state index in [4.69, 9.17) is 4.74 Å². The second-order valence-corrected chi connectivity index (χ2v) is 18.7. The van der Waals surface area contributed by atoms with Gasteiger partial charge in [-0.25, -0.2) is 0 Å². The summed E-state index contributed by atoms with van der Waals surface area (Å²) in [4.78, 5) is 12.3. The van der Waals surface area contributed by atoms with E-state index in [2.05, 4.69) is 33.0 Å². The van der Waals surface area contributed by atoms with Crippen LogP contribution in [-0.4, -0.2) is 24.7 Å². The van der Waals surface area contributed by atoms with Gasteiger partial charge in [-0.2, -0.15) is 0 Å². The van der Waals surface area contributed by atoms with Crippen LogP contribution in [-0.2, 0) is 9.53 Å². The smallest absolute Gasteiger partial charge is 0.306 e. The summed E-state index contributed by atoms with van der Waals surface area (Å²) in [6.45, 7) is 10.3. The van der Waals surface area contributed by atoms with E-state index >= 15 is 0 Å². The van der Waals surface area contributed by atoms with E-state index in [1.165, 1.54) is 276 Å². The van der Waals surface area contributed by atoms with Crippen molar-refractivity contribution in [2.75, 3.05) is 6.54 Å². The Morgan fingerprint density at radius 2 is 0.638 bits per heavy atom. The van der Waals surface area contributed by atoms with Gasteiger partial charge in [0, 0.05) is 12.5 Å². The SMILES string of the molecule is CCCCCCCCCCCCCCCCC(CCCCCCCCCCCCCCCC)NCCCCCCCCCC(CC)OC(=O)CCCCCCCC.Cl. The first-order valence-electron chi connectivity index (χ1n) is 27.1. The fraction of sp³-hybridized carbons (Fsp3) is 0.981. The van der Waals surface area contributed by atoms with Crippen molar-refractivity contribution in [1.29, 1.82) is 0 Å². The Labute approximate surface area is 373 Å². The summed E-state index contributed by atoms with van der Waals surface area (Å²) in [5.41, 5.74) is 0. The number of carbonyl (C=O) groups is 1. The molecule has 350 valence electrons. The summed E-state index contributed by atoms with van der Waals surface area (Å²) in [5.74, 6) is 0.0346. The summed E-state index contributed by atoms with van der Waals surface area (Å²) in [5, 5.41) is 4.04. The molecule has 4 heteroatoms. The van der Waals surface area contributed by atoms with E-state index in [-0.39, 0.29) is 24.5 Å². The lowest BCUT2D eigenvalue weighted by atomic mass is 9.99. The standard InChI is InChI=1S/C54H109NO2.ClH/c1-5-9-12-15-18-20-22-24-26-28-30-33-37-42-47-52(48-43-38-34-31-29-27-25-23-21-19-16-13-10-6-2)55-51-46-41-36-32-35-39-44-49-53(8-4)57-54(56)50-45-40-17-14-11-7-3;/h52-53,55H,5-51H2,1-4H3;1H. The van der Waals surface area contributed by atoms with Gasteiger partial charge >= 0.3 is 5.97 Å². The monoisotopic (exact) mass is 840 g/mol. The highest BCUT2D eigenvalue weighted by molar-refractivity contribution is 5.85. The van der Waals surface area contributed by atoms with Crippen LogP contribution in [0.4, 0.5) is 0 Å². The lowest BCUT2D eigenvalue weighted by molar-refractivity contribution is -0.149. The maximum atomic E-state index is 12.3. The molecule has 1 N–H and O–H groups in total. The van der Waals surface area contributed by atoms with Crippen molar-refractivity contribution < 1.29 is 9.53 Å². The molecule has 0 radical (unpaired) electrons. The van der Waals surface area contributed by atoms with Crippen LogP contribution in [0.15, 0.2) is 0 Å². The number of hydrogen-bond donors (Lipinski definition) is 1. The minimum absolute atomic E-state index is 0. The average Bonchev–Trinajstić information content (AvgIpc) is 3.22. The maximum absolute atomic E-state index is 12.3. The molecule has 0 amide bonds. The molecule has 0 saturated heterocycles. The van der Waals surface area contributed by atoms with Crippen LogP contribution in [0.1, 0.15) is 323 Å². The molecule has 0 saturated carbocycles. The van der Waals surface area contributed by atoms with Gasteiger partial charge in [0.25, 0.3) is 0 Å². The number of unbranched alkanes of at least 4 members (excludes halogenated alkanes) is 37. The zero-order valence-corrected chi connectivity index (χ0v) is 41.4. The van der Waals surface area contributed by atoms with Crippen molar-refractivity contribution in [3.8, 4) is 0 Å². The summed E-state index contributed by atoms with van der Waals surface area (Å²) in [6.07, 6.45) is 62.6. The first kappa shape index (κ1) is 59.8. The van der Waals surface area contributed by atoms with Crippen molar-refractivity contribution in [1.82, 2.24) is 5.32 Å². The Morgan fingerprint density at radius 1 is 0.362 bits per heavy atom. The number of nitrogens with one attached hydrogen (secondary N) is 1. The Kier molecular flexibility index (Phi) is 54.5. The molecular formula is C54H110ClNO2. The van der Waals surface area contributed by atoms with Crippen molar-refractivity contribution in [2.24, 2.45) is 0 Å². The molecule has 0 rings (SSSR count). The molecule has 0 heterocycles. The second kappa shape index (κ2) is 52.9. The van der Waals surface area contributed by atoms with Gasteiger partial charge in [-0.05, 0) is 51.5 Å². The van der Waals surface area contributed by atoms with E-state index < -0.39 is 0 Å². The van der Waals surface area contributed by atoms with E-state index in [1.54, 1.807) is 0 Å². The molecule has 0 aliphatic rings. The van der Waals surface area contributed by atoms with Crippen LogP contribution in [0.3, 0.4) is 0 Å². The summed E-state index contributed by atoms with van der Waals surface area (Å²) >= 11 is 0. The van der Waals surface area contributed by atoms with Gasteiger partial charge in [-0.1, -0.05) is 272 Å². The van der Waals surface area contributed by atoms with Crippen molar-refractivity contribution in [2.45, 2.75) is 335 Å². The Balaban J connectivity index is 0. The molecule has 0 fully saturated rings. The molecule has 1 atom stereocenters. The lowest BCUT2D eigenvalue weighted by Crippen LogP contribution is -2.30. The zero-order valence-electron chi connectivity index (χ0n) is 40.6. The van der Waals surface area contributed by atoms with Crippen molar-refractivity contribution >= 4 is 18.4 Å². The highest BCUT2D eigenvalue weighted by Gasteiger charge is 2.12. The molecule has 0 spiro atoms. The number of ether oxygens (including phenoxy) is 1. The third-order valence-electron chi connectivity index (χ3n) is 12.9. The molecule has 0 aliphatic carbocycles. The maximum Gasteiger partial charge on any atom is 0.306 e. The molecule has 0 aromatic carbocycles. The third-order valence-corrected chi connectivity index (χ3v) is 12.9. The number of halogens is 1. The Bertz CT molecular complexity index is 715. The first-order valence-corrected chi connectivity index (χ1v) is 27.1. The lowest BCUT2D eigenvalue weighted by Gasteiger charge is -2.19. The van der Waals surface area contributed by atoms with E-state index in [0.717, 1.165) is 25.3 Å². The van der Waals surface area contributed by atoms with Gasteiger partial charge in [0.05, 0.1) is 0 Å². The Morgan fingerprint density at radius 3 is 0.966 bits per heavy atom. The third kappa shape index (κ3) is 48.4. The topological polar surface area (TPSA) is 38.3 Å². The van der Waals surface area contributed by atoms with Gasteiger partial charge in [0.2, 0.25) is 0 Å². The van der Waals surface area contributed by atoms with Crippen LogP contribution >= 0.6 is 12.4 Å². The van der Waals surface area contributed by atoms with Crippen molar-refractivity contribution in [3.63, 3.8) is 0 Å². The predicted octanol–water partition coefficient (Wildman–Crippen LogP) is 19.3. The normalized spacial score (nSPS) is 12.0. The minimum Gasteiger partial charge on any atom is -0.462 e. The summed E-state index contributed by atoms with van der Waals surface area (Å²) in [7, 11) is 0. The molecule has 0 aromatic heterocycles. The molecule has 0 bridgehead atoms. The van der Waals surface area contributed by atoms with E-state index in [9.17, 15) is 4.79 Å². The van der Waals surface area contributed by atoms with Crippen molar-refractivity contribution in [3.05, 3.63) is 0 Å². The predicted molar refractivity (Wildman–Crippen MR) is 264 cm³/mol. The fourth-order valence-corrected chi connectivity index (χ4v) is 8.85. The van der Waals surface area contributed by atoms with E-state index in [0.29, 0.717) is 6.42 Å². The van der Waals surface area contributed by atoms with Gasteiger partial charge < -0.3 is 10.1 Å². The molecule has 3 nitrogen and oxygen atoms in total. The molecular weight excluding hydrogens is 730 g/mol. The number of hydrogen-bond acceptors (Lipinski definition) is 3. The summed E-state index contributed by atoms with van der Waals surface area (Å²) < 4.78 is 5.82. The molecule has 0 aromatic rings. The summed E-state index contributed by atoms with van der Waals surface area (Å²) in [6, 6.07) is 0.742. The molecule has 1 unspecified atom stereocenters. The second-order valence-electron chi connectivity index (χ2n) is 18.7. The molecule has 58 heavy (non-hydrogen) atoms. The van der Waals surface area contributed by atoms with Gasteiger partial charge in [0.1, 0.15) is 6.10 Å². The number of carbonyl (C=O) groups excluding carboxylic acids is 1. The number of esters is 1. The highest BCUT2D eigenvalue weighted by Crippen LogP contribution is 2.19. The Hall–Kier alpha value is -0.280. The van der Waals surface area contributed by atoms with Crippen LogP contribution in [0.2, 0.25) is 0 Å². The van der Waals surface area contributed by atoms with Gasteiger partial charge in [0.15, 0.2) is 0 Å². The minimum atomic E-state index is 0. The van der Waals surface area contributed by atoms with Crippen LogP contribution in [0, 0.1) is 0 Å². The van der Waals surface area contributed by atoms with Crippen LogP contribution in [0.25, 0.3) is 0 Å². The van der Waals surface area contributed by atoms with Crippen LogP contribution in [0.5, 0.6) is 0 Å². The highest BCUT2D eigenvalue weighted by atomic mass is 35.5. The zero-order chi connectivity index (χ0) is 41.4. The molecule has 0 aliphatic heterocycles. The first-order chi connectivity index (χ1) is 28.2. The van der Waals surface area contributed by atoms with Gasteiger partial charge in [-0.3, -0.25) is 4.79 Å². The largest absolute Gasteiger partial charge is 0.462 e. The van der Waals surface area contributed by atoms with E-state index in [1.807, 2.05) is 0 Å². The quantitative estimate of drug-likeness (QED) is 0.0490. The average molecular weight is 841 g/mol. The number of rotatable bonds is 50. The van der Waals surface area contributed by atoms with Gasteiger partial charge in [-0.15, -0.1) is 12.4 Å².